The van der Waals surface area contributed by atoms with Crippen LogP contribution in [0.5, 0.6) is 0 Å². The third-order valence-corrected chi connectivity index (χ3v) is 7.08. The number of fused-ring (bicyclic) bond motifs is 1. The molecule has 1 unspecified atom stereocenters. The molecule has 0 bridgehead atoms. The molecule has 4 rings (SSSR count). The summed E-state index contributed by atoms with van der Waals surface area (Å²) >= 11 is 0. The fraction of sp³-hybridized carbons (Fsp3) is 0.520. The highest BCUT2D eigenvalue weighted by Gasteiger charge is 2.49. The number of pyridine rings is 1. The Hall–Kier alpha value is -3.86. The molecule has 4 heterocycles. The van der Waals surface area contributed by atoms with Crippen LogP contribution in [-0.4, -0.2) is 63.9 Å². The lowest BCUT2D eigenvalue weighted by atomic mass is 9.87. The van der Waals surface area contributed by atoms with Gasteiger partial charge in [-0.3, -0.25) is 4.79 Å². The Kier molecular flexibility index (Phi) is 6.29. The third-order valence-electron chi connectivity index (χ3n) is 7.08. The van der Waals surface area contributed by atoms with E-state index in [2.05, 4.69) is 39.8 Å². The maximum atomic E-state index is 13.6. The number of rotatable bonds is 4. The van der Waals surface area contributed by atoms with E-state index >= 15 is 0 Å². The number of halogens is 2. The van der Waals surface area contributed by atoms with Crippen LogP contribution in [0.4, 0.5) is 26.2 Å². The first-order valence-corrected chi connectivity index (χ1v) is 11.7. The predicted octanol–water partition coefficient (Wildman–Crippen LogP) is 3.39. The third kappa shape index (κ3) is 3.98. The molecule has 2 aliphatic rings. The molecule has 0 N–H and O–H groups in total. The van der Waals surface area contributed by atoms with Gasteiger partial charge in [-0.05, 0) is 32.9 Å². The highest BCUT2D eigenvalue weighted by Crippen LogP contribution is 2.47. The van der Waals surface area contributed by atoms with E-state index in [9.17, 15) is 24.1 Å². The molecule has 0 aromatic carbocycles. The van der Waals surface area contributed by atoms with Gasteiger partial charge in [0.2, 0.25) is 5.91 Å². The van der Waals surface area contributed by atoms with Gasteiger partial charge in [-0.25, -0.2) is 23.7 Å². The first-order chi connectivity index (χ1) is 16.9. The molecular weight excluding hydrogens is 466 g/mol. The number of piperazine rings is 1. The quantitative estimate of drug-likeness (QED) is 0.636. The molecule has 2 aliphatic heterocycles. The SMILES string of the molecule is C[C@@H]1CN(c2ncnc3c2C(C)(C)CN3c2cc(C#N)ccn2)[C@@H](C)CN1C(=O)C(C)(C#N)C(F)F. The van der Waals surface area contributed by atoms with Crippen molar-refractivity contribution in [2.75, 3.05) is 29.4 Å². The van der Waals surface area contributed by atoms with Crippen LogP contribution in [-0.2, 0) is 10.2 Å². The molecule has 11 heteroatoms. The van der Waals surface area contributed by atoms with Gasteiger partial charge in [-0.2, -0.15) is 10.5 Å². The van der Waals surface area contributed by atoms with Gasteiger partial charge in [0.15, 0.2) is 5.41 Å². The van der Waals surface area contributed by atoms with Gasteiger partial charge in [-0.15, -0.1) is 0 Å². The molecule has 2 aromatic heterocycles. The van der Waals surface area contributed by atoms with E-state index in [1.807, 2.05) is 11.8 Å². The fourth-order valence-corrected chi connectivity index (χ4v) is 4.96. The minimum Gasteiger partial charge on any atom is -0.350 e. The average molecular weight is 495 g/mol. The van der Waals surface area contributed by atoms with Crippen LogP contribution >= 0.6 is 0 Å². The molecule has 0 aliphatic carbocycles. The summed E-state index contributed by atoms with van der Waals surface area (Å²) in [7, 11) is 0. The van der Waals surface area contributed by atoms with Crippen molar-refractivity contribution in [3.63, 3.8) is 0 Å². The molecule has 0 spiro atoms. The van der Waals surface area contributed by atoms with Crippen molar-refractivity contribution in [1.29, 1.82) is 10.5 Å². The maximum Gasteiger partial charge on any atom is 0.265 e. The summed E-state index contributed by atoms with van der Waals surface area (Å²) in [6, 6.07) is 6.36. The molecule has 1 amide bonds. The second kappa shape index (κ2) is 8.98. The van der Waals surface area contributed by atoms with E-state index in [4.69, 9.17) is 0 Å². The predicted molar refractivity (Wildman–Crippen MR) is 129 cm³/mol. The summed E-state index contributed by atoms with van der Waals surface area (Å²) in [6.07, 6.45) is -0.00884. The van der Waals surface area contributed by atoms with Gasteiger partial charge in [0.25, 0.3) is 6.43 Å². The molecular formula is C25H28F2N8O. The van der Waals surface area contributed by atoms with Crippen molar-refractivity contribution in [2.24, 2.45) is 5.41 Å². The Bertz CT molecular complexity index is 1270. The van der Waals surface area contributed by atoms with Gasteiger partial charge in [0.05, 0.1) is 17.7 Å². The zero-order chi connectivity index (χ0) is 26.4. The number of carbonyl (C=O) groups is 1. The van der Waals surface area contributed by atoms with Gasteiger partial charge >= 0.3 is 0 Å². The number of carbonyl (C=O) groups excluding carboxylic acids is 1. The monoisotopic (exact) mass is 494 g/mol. The minimum atomic E-state index is -3.08. The van der Waals surface area contributed by atoms with E-state index in [0.717, 1.165) is 12.5 Å². The van der Waals surface area contributed by atoms with Crippen molar-refractivity contribution in [3.8, 4) is 12.1 Å². The summed E-state index contributed by atoms with van der Waals surface area (Å²) in [4.78, 5) is 32.0. The molecule has 188 valence electrons. The van der Waals surface area contributed by atoms with Crippen LogP contribution in [0.15, 0.2) is 24.7 Å². The number of hydrogen-bond acceptors (Lipinski definition) is 8. The number of alkyl halides is 2. The first-order valence-electron chi connectivity index (χ1n) is 11.7. The summed E-state index contributed by atoms with van der Waals surface area (Å²) in [5, 5.41) is 18.6. The van der Waals surface area contributed by atoms with Crippen LogP contribution in [0.25, 0.3) is 0 Å². The second-order valence-electron chi connectivity index (χ2n) is 10.3. The van der Waals surface area contributed by atoms with Gasteiger partial charge in [-0.1, -0.05) is 13.8 Å². The Morgan fingerprint density at radius 1 is 1.17 bits per heavy atom. The van der Waals surface area contributed by atoms with Gasteiger partial charge in [0, 0.05) is 48.9 Å². The largest absolute Gasteiger partial charge is 0.350 e. The number of nitrogens with zero attached hydrogens (tertiary/aromatic N) is 8. The molecule has 0 radical (unpaired) electrons. The Labute approximate surface area is 209 Å². The van der Waals surface area contributed by atoms with Crippen molar-refractivity contribution in [3.05, 3.63) is 35.8 Å². The summed E-state index contributed by atoms with van der Waals surface area (Å²) < 4.78 is 27.2. The van der Waals surface area contributed by atoms with Gasteiger partial charge < -0.3 is 14.7 Å². The number of nitriles is 2. The number of aromatic nitrogens is 3. The Balaban J connectivity index is 1.69. The smallest absolute Gasteiger partial charge is 0.265 e. The molecule has 36 heavy (non-hydrogen) atoms. The van der Waals surface area contributed by atoms with E-state index in [1.54, 1.807) is 25.3 Å². The number of anilines is 3. The highest BCUT2D eigenvalue weighted by molar-refractivity contribution is 5.86. The molecule has 2 aromatic rings. The van der Waals surface area contributed by atoms with Crippen molar-refractivity contribution in [1.82, 2.24) is 19.9 Å². The summed E-state index contributed by atoms with van der Waals surface area (Å²) in [5.74, 6) is 1.17. The maximum absolute atomic E-state index is 13.6. The van der Waals surface area contributed by atoms with E-state index in [1.165, 1.54) is 17.3 Å². The van der Waals surface area contributed by atoms with E-state index < -0.39 is 23.8 Å². The van der Waals surface area contributed by atoms with Crippen molar-refractivity contribution < 1.29 is 13.6 Å². The molecule has 1 saturated heterocycles. The Morgan fingerprint density at radius 3 is 2.50 bits per heavy atom. The normalized spacial score (nSPS) is 22.6. The first kappa shape index (κ1) is 25.2. The zero-order valence-electron chi connectivity index (χ0n) is 20.9. The lowest BCUT2D eigenvalue weighted by Gasteiger charge is -2.46. The minimum absolute atomic E-state index is 0.179. The molecule has 3 atom stereocenters. The lowest BCUT2D eigenvalue weighted by molar-refractivity contribution is -0.148. The highest BCUT2D eigenvalue weighted by atomic mass is 19.3. The topological polar surface area (TPSA) is 113 Å². The van der Waals surface area contributed by atoms with Crippen LogP contribution in [0.2, 0.25) is 0 Å². The van der Waals surface area contributed by atoms with Crippen LogP contribution < -0.4 is 9.80 Å². The standard InChI is InChI=1S/C25H28F2N8O/c1-15-11-34(23(36)25(5,12-29)22(26)27)16(2)10-33(15)20-19-21(32-14-31-20)35(13-24(19,3)4)18-8-17(9-28)6-7-30-18/h6-8,14-16,22H,10-11,13H2,1-5H3/t15-,16+,25?/m0/s1. The van der Waals surface area contributed by atoms with Crippen LogP contribution in [0.1, 0.15) is 45.7 Å². The molecule has 1 fully saturated rings. The summed E-state index contributed by atoms with van der Waals surface area (Å²) in [5.41, 5.74) is -1.33. The van der Waals surface area contributed by atoms with Crippen LogP contribution in [0, 0.1) is 28.1 Å². The fourth-order valence-electron chi connectivity index (χ4n) is 4.96. The van der Waals surface area contributed by atoms with E-state index in [-0.39, 0.29) is 18.0 Å². The second-order valence-corrected chi connectivity index (χ2v) is 10.3. The Morgan fingerprint density at radius 2 is 1.86 bits per heavy atom. The van der Waals surface area contributed by atoms with Crippen molar-refractivity contribution in [2.45, 2.75) is 58.5 Å². The van der Waals surface area contributed by atoms with Crippen LogP contribution in [0.3, 0.4) is 0 Å². The number of amides is 1. The number of hydrogen-bond donors (Lipinski definition) is 0. The lowest BCUT2D eigenvalue weighted by Crippen LogP contribution is -2.61. The summed E-state index contributed by atoms with van der Waals surface area (Å²) in [6.45, 7) is 9.97. The van der Waals surface area contributed by atoms with Gasteiger partial charge in [0.1, 0.15) is 23.8 Å². The van der Waals surface area contributed by atoms with E-state index in [0.29, 0.717) is 36.1 Å². The molecule has 0 saturated carbocycles. The zero-order valence-corrected chi connectivity index (χ0v) is 20.9. The van der Waals surface area contributed by atoms with Crippen molar-refractivity contribution >= 4 is 23.4 Å². The molecule has 9 nitrogen and oxygen atoms in total. The average Bonchev–Trinajstić information content (AvgIpc) is 3.15.